The van der Waals surface area contributed by atoms with E-state index in [9.17, 15) is 5.11 Å². The average molecular weight is 285 g/mol. The maximum Gasteiger partial charge on any atom is 0.133 e. The maximum atomic E-state index is 9.60. The second-order valence-corrected chi connectivity index (χ2v) is 5.57. The predicted molar refractivity (Wildman–Crippen MR) is 82.5 cm³/mol. The maximum absolute atomic E-state index is 9.60. The van der Waals surface area contributed by atoms with E-state index >= 15 is 0 Å². The molecule has 2 heterocycles. The van der Waals surface area contributed by atoms with Crippen LogP contribution in [-0.4, -0.2) is 21.6 Å². The third kappa shape index (κ3) is 2.72. The summed E-state index contributed by atoms with van der Waals surface area (Å²) in [6, 6.07) is 7.24. The fourth-order valence-corrected chi connectivity index (χ4v) is 2.88. The highest BCUT2D eigenvalue weighted by Crippen LogP contribution is 2.25. The van der Waals surface area contributed by atoms with Crippen molar-refractivity contribution in [3.05, 3.63) is 46.5 Å². The quantitative estimate of drug-likeness (QED) is 0.771. The molecule has 0 atom stereocenters. The monoisotopic (exact) mass is 285 g/mol. The van der Waals surface area contributed by atoms with Crippen LogP contribution < -0.4 is 5.32 Å². The molecule has 0 amide bonds. The van der Waals surface area contributed by atoms with Crippen molar-refractivity contribution in [2.75, 3.05) is 11.9 Å². The van der Waals surface area contributed by atoms with Gasteiger partial charge in [-0.1, -0.05) is 6.07 Å². The summed E-state index contributed by atoms with van der Waals surface area (Å²) in [5.74, 6) is 1.05. The normalized spacial score (nSPS) is 10.8. The first kappa shape index (κ1) is 12.9. The van der Waals surface area contributed by atoms with Crippen molar-refractivity contribution in [1.82, 2.24) is 9.97 Å². The van der Waals surface area contributed by atoms with Gasteiger partial charge in [0, 0.05) is 35.6 Å². The SMILES string of the molecule is Cc1csc(CCNc2nccc3ccc(O)cc23)n1. The second kappa shape index (κ2) is 5.46. The highest BCUT2D eigenvalue weighted by atomic mass is 32.1. The van der Waals surface area contributed by atoms with E-state index in [1.807, 2.05) is 19.1 Å². The summed E-state index contributed by atoms with van der Waals surface area (Å²) in [5.41, 5.74) is 1.07. The van der Waals surface area contributed by atoms with Gasteiger partial charge in [0.05, 0.1) is 5.01 Å². The first-order chi connectivity index (χ1) is 9.72. The first-order valence-electron chi connectivity index (χ1n) is 6.45. The van der Waals surface area contributed by atoms with Crippen molar-refractivity contribution in [2.45, 2.75) is 13.3 Å². The summed E-state index contributed by atoms with van der Waals surface area (Å²) in [6.07, 6.45) is 2.64. The van der Waals surface area contributed by atoms with Gasteiger partial charge in [0.15, 0.2) is 0 Å². The fraction of sp³-hybridized carbons (Fsp3) is 0.200. The van der Waals surface area contributed by atoms with Crippen molar-refractivity contribution in [3.63, 3.8) is 0 Å². The molecule has 2 aromatic heterocycles. The van der Waals surface area contributed by atoms with Gasteiger partial charge in [-0.3, -0.25) is 0 Å². The first-order valence-corrected chi connectivity index (χ1v) is 7.33. The van der Waals surface area contributed by atoms with E-state index in [0.29, 0.717) is 0 Å². The second-order valence-electron chi connectivity index (χ2n) is 4.62. The van der Waals surface area contributed by atoms with Crippen LogP contribution in [0.1, 0.15) is 10.7 Å². The topological polar surface area (TPSA) is 58.0 Å². The molecule has 2 N–H and O–H groups in total. The van der Waals surface area contributed by atoms with E-state index in [-0.39, 0.29) is 5.75 Å². The molecule has 3 rings (SSSR count). The molecule has 5 heteroatoms. The molecule has 20 heavy (non-hydrogen) atoms. The Bertz CT molecular complexity index is 739. The molecule has 0 saturated carbocycles. The van der Waals surface area contributed by atoms with Gasteiger partial charge in [0.25, 0.3) is 0 Å². The minimum Gasteiger partial charge on any atom is -0.508 e. The van der Waals surface area contributed by atoms with Crippen LogP contribution in [0.3, 0.4) is 0 Å². The minimum atomic E-state index is 0.254. The Hall–Kier alpha value is -2.14. The van der Waals surface area contributed by atoms with Gasteiger partial charge in [0.1, 0.15) is 11.6 Å². The molecule has 0 saturated heterocycles. The summed E-state index contributed by atoms with van der Waals surface area (Å²) in [4.78, 5) is 8.78. The molecule has 0 aliphatic carbocycles. The number of benzene rings is 1. The highest BCUT2D eigenvalue weighted by molar-refractivity contribution is 7.09. The minimum absolute atomic E-state index is 0.254. The molecule has 0 radical (unpaired) electrons. The van der Waals surface area contributed by atoms with Crippen LogP contribution in [0.4, 0.5) is 5.82 Å². The molecule has 3 aromatic rings. The van der Waals surface area contributed by atoms with Gasteiger partial charge in [-0.25, -0.2) is 9.97 Å². The number of phenols is 1. The van der Waals surface area contributed by atoms with E-state index < -0.39 is 0 Å². The van der Waals surface area contributed by atoms with Gasteiger partial charge >= 0.3 is 0 Å². The van der Waals surface area contributed by atoms with Crippen molar-refractivity contribution in [3.8, 4) is 5.75 Å². The number of fused-ring (bicyclic) bond motifs is 1. The van der Waals surface area contributed by atoms with Crippen LogP contribution in [0, 0.1) is 6.92 Å². The lowest BCUT2D eigenvalue weighted by molar-refractivity contribution is 0.476. The summed E-state index contributed by atoms with van der Waals surface area (Å²) >= 11 is 1.68. The molecule has 1 aromatic carbocycles. The summed E-state index contributed by atoms with van der Waals surface area (Å²) in [5, 5.41) is 18.1. The third-order valence-corrected chi connectivity index (χ3v) is 4.07. The number of anilines is 1. The van der Waals surface area contributed by atoms with Crippen LogP contribution in [-0.2, 0) is 6.42 Å². The molecule has 0 aliphatic rings. The molecule has 102 valence electrons. The zero-order chi connectivity index (χ0) is 13.9. The molecule has 4 nitrogen and oxygen atoms in total. The predicted octanol–water partition coefficient (Wildman–Crippen LogP) is 3.36. The van der Waals surface area contributed by atoms with E-state index in [1.54, 1.807) is 29.7 Å². The average Bonchev–Trinajstić information content (AvgIpc) is 2.85. The number of aryl methyl sites for hydroxylation is 1. The summed E-state index contributed by atoms with van der Waals surface area (Å²) in [7, 11) is 0. The standard InChI is InChI=1S/C15H15N3OS/c1-10-9-20-14(18-10)5-7-17-15-13-8-12(19)3-2-11(13)4-6-16-15/h2-4,6,8-9,19H,5,7H2,1H3,(H,16,17). The zero-order valence-electron chi connectivity index (χ0n) is 11.1. The number of nitrogens with zero attached hydrogens (tertiary/aromatic N) is 2. The third-order valence-electron chi connectivity index (χ3n) is 3.05. The van der Waals surface area contributed by atoms with Gasteiger partial charge in [-0.15, -0.1) is 11.3 Å². The van der Waals surface area contributed by atoms with Gasteiger partial charge in [0.2, 0.25) is 0 Å². The lowest BCUT2D eigenvalue weighted by Gasteiger charge is -2.08. The molecule has 0 unspecified atom stereocenters. The van der Waals surface area contributed by atoms with Gasteiger partial charge in [-0.05, 0) is 30.5 Å². The number of phenolic OH excluding ortho intramolecular Hbond substituents is 1. The smallest absolute Gasteiger partial charge is 0.133 e. The Morgan fingerprint density at radius 2 is 2.20 bits per heavy atom. The van der Waals surface area contributed by atoms with Crippen LogP contribution in [0.5, 0.6) is 5.75 Å². The Morgan fingerprint density at radius 1 is 1.30 bits per heavy atom. The number of aromatic nitrogens is 2. The number of hydrogen-bond acceptors (Lipinski definition) is 5. The van der Waals surface area contributed by atoms with Crippen LogP contribution in [0.2, 0.25) is 0 Å². The number of aromatic hydroxyl groups is 1. The number of pyridine rings is 1. The van der Waals surface area contributed by atoms with Crippen LogP contribution in [0.15, 0.2) is 35.8 Å². The van der Waals surface area contributed by atoms with Crippen molar-refractivity contribution >= 4 is 27.9 Å². The lowest BCUT2D eigenvalue weighted by Crippen LogP contribution is -2.06. The van der Waals surface area contributed by atoms with Crippen molar-refractivity contribution in [2.24, 2.45) is 0 Å². The van der Waals surface area contributed by atoms with Crippen molar-refractivity contribution in [1.29, 1.82) is 0 Å². The fourth-order valence-electron chi connectivity index (χ4n) is 2.10. The molecular weight excluding hydrogens is 270 g/mol. The molecule has 0 aliphatic heterocycles. The molecule has 0 bridgehead atoms. The number of hydrogen-bond donors (Lipinski definition) is 2. The summed E-state index contributed by atoms with van der Waals surface area (Å²) < 4.78 is 0. The summed E-state index contributed by atoms with van der Waals surface area (Å²) in [6.45, 7) is 2.77. The molecule has 0 spiro atoms. The number of thiazole rings is 1. The number of nitrogens with one attached hydrogen (secondary N) is 1. The molecule has 0 fully saturated rings. The van der Waals surface area contributed by atoms with Gasteiger partial charge in [-0.2, -0.15) is 0 Å². The Balaban J connectivity index is 1.75. The Labute approximate surface area is 121 Å². The van der Waals surface area contributed by atoms with Gasteiger partial charge < -0.3 is 10.4 Å². The van der Waals surface area contributed by atoms with E-state index in [2.05, 4.69) is 20.7 Å². The van der Waals surface area contributed by atoms with E-state index in [4.69, 9.17) is 0 Å². The number of rotatable bonds is 4. The van der Waals surface area contributed by atoms with Crippen molar-refractivity contribution < 1.29 is 5.11 Å². The Kier molecular flexibility index (Phi) is 3.52. The highest BCUT2D eigenvalue weighted by Gasteiger charge is 2.04. The lowest BCUT2D eigenvalue weighted by atomic mass is 10.1. The molecular formula is C15H15N3OS. The largest absolute Gasteiger partial charge is 0.508 e. The zero-order valence-corrected chi connectivity index (χ0v) is 11.9. The Morgan fingerprint density at radius 3 is 3.00 bits per heavy atom. The van der Waals surface area contributed by atoms with Crippen LogP contribution >= 0.6 is 11.3 Å². The van der Waals surface area contributed by atoms with E-state index in [0.717, 1.165) is 40.3 Å². The van der Waals surface area contributed by atoms with Crippen LogP contribution in [0.25, 0.3) is 10.8 Å². The van der Waals surface area contributed by atoms with E-state index in [1.165, 1.54) is 0 Å².